The molecule has 0 unspecified atom stereocenters. The number of hydrogen-bond donors (Lipinski definition) is 2. The second kappa shape index (κ2) is 4.84. The first kappa shape index (κ1) is 11.1. The van der Waals surface area contributed by atoms with Crippen molar-refractivity contribution in [3.8, 4) is 0 Å². The van der Waals surface area contributed by atoms with E-state index in [-0.39, 0.29) is 5.92 Å². The van der Waals surface area contributed by atoms with E-state index >= 15 is 0 Å². The van der Waals surface area contributed by atoms with Crippen molar-refractivity contribution >= 4 is 11.9 Å². The highest BCUT2D eigenvalue weighted by Crippen LogP contribution is 2.00. The lowest BCUT2D eigenvalue weighted by atomic mass is 10.1. The first-order valence-electron chi connectivity index (χ1n) is 3.60. The van der Waals surface area contributed by atoms with Crippen LogP contribution in [-0.2, 0) is 14.3 Å². The molecule has 0 bridgehead atoms. The number of hydrogen-bond acceptors (Lipinski definition) is 5. The molecule has 0 spiro atoms. The van der Waals surface area contributed by atoms with Gasteiger partial charge in [-0.15, -0.1) is 0 Å². The predicted molar refractivity (Wildman–Crippen MR) is 41.0 cm³/mol. The monoisotopic (exact) mass is 175 g/mol. The van der Waals surface area contributed by atoms with Crippen LogP contribution in [0.1, 0.15) is 13.8 Å². The van der Waals surface area contributed by atoms with E-state index in [1.807, 2.05) is 0 Å². The van der Waals surface area contributed by atoms with Gasteiger partial charge in [0.1, 0.15) is 12.6 Å². The molecule has 5 nitrogen and oxygen atoms in total. The average molecular weight is 175 g/mol. The molecule has 0 saturated heterocycles. The Morgan fingerprint density at radius 1 is 1.50 bits per heavy atom. The normalized spacial score (nSPS) is 12.8. The molecule has 0 aromatic heterocycles. The van der Waals surface area contributed by atoms with Crippen LogP contribution in [-0.4, -0.2) is 29.7 Å². The zero-order valence-corrected chi connectivity index (χ0v) is 7.11. The summed E-state index contributed by atoms with van der Waals surface area (Å²) in [5.41, 5.74) is 5.35. The summed E-state index contributed by atoms with van der Waals surface area (Å²) in [6.07, 6.45) is 0. The van der Waals surface area contributed by atoms with Crippen molar-refractivity contribution in [1.82, 2.24) is 0 Å². The van der Waals surface area contributed by atoms with Crippen molar-refractivity contribution in [1.29, 1.82) is 0 Å². The Bertz CT molecular complexity index is 178. The minimum absolute atomic E-state index is 0.0935. The summed E-state index contributed by atoms with van der Waals surface area (Å²) in [6, 6.07) is -0.819. The third kappa shape index (κ3) is 3.45. The number of esters is 2. The van der Waals surface area contributed by atoms with Crippen molar-refractivity contribution < 1.29 is 19.4 Å². The molecule has 0 fully saturated rings. The molecule has 0 aliphatic heterocycles. The summed E-state index contributed by atoms with van der Waals surface area (Å²) in [5.74, 6) is -1.87. The quantitative estimate of drug-likeness (QED) is 0.425. The van der Waals surface area contributed by atoms with Gasteiger partial charge in [-0.2, -0.15) is 0 Å². The van der Waals surface area contributed by atoms with E-state index in [4.69, 9.17) is 10.8 Å². The van der Waals surface area contributed by atoms with E-state index in [1.54, 1.807) is 13.8 Å². The Labute approximate surface area is 70.5 Å². The molecular weight excluding hydrogens is 162 g/mol. The van der Waals surface area contributed by atoms with Gasteiger partial charge < -0.3 is 15.6 Å². The molecule has 0 aliphatic carbocycles. The maximum atomic E-state index is 10.9. The Balaban J connectivity index is 3.96. The number of nitrogens with two attached hydrogens (primary N) is 1. The van der Waals surface area contributed by atoms with E-state index < -0.39 is 24.6 Å². The number of ether oxygens (including phenoxy) is 1. The van der Waals surface area contributed by atoms with E-state index in [0.717, 1.165) is 0 Å². The van der Waals surface area contributed by atoms with Crippen molar-refractivity contribution in [2.75, 3.05) is 6.61 Å². The van der Waals surface area contributed by atoms with E-state index in [2.05, 4.69) is 4.74 Å². The topological polar surface area (TPSA) is 89.6 Å². The largest absolute Gasteiger partial charge is 0.390 e. The van der Waals surface area contributed by atoms with Gasteiger partial charge >= 0.3 is 11.9 Å². The molecule has 1 atom stereocenters. The van der Waals surface area contributed by atoms with Gasteiger partial charge in [-0.3, -0.25) is 0 Å². The van der Waals surface area contributed by atoms with Gasteiger partial charge in [0.05, 0.1) is 0 Å². The van der Waals surface area contributed by atoms with Gasteiger partial charge in [0.25, 0.3) is 0 Å². The first-order valence-corrected chi connectivity index (χ1v) is 3.60. The van der Waals surface area contributed by atoms with Crippen molar-refractivity contribution in [2.45, 2.75) is 19.9 Å². The lowest BCUT2D eigenvalue weighted by Crippen LogP contribution is -2.38. The molecule has 0 aromatic carbocycles. The Morgan fingerprint density at radius 2 is 2.00 bits per heavy atom. The van der Waals surface area contributed by atoms with Crippen LogP contribution in [0.3, 0.4) is 0 Å². The molecule has 12 heavy (non-hydrogen) atoms. The smallest absolute Gasteiger partial charge is 0.339 e. The summed E-state index contributed by atoms with van der Waals surface area (Å²) >= 11 is 0. The van der Waals surface area contributed by atoms with Gasteiger partial charge in [0, 0.05) is 0 Å². The number of carbonyl (C=O) groups is 2. The summed E-state index contributed by atoms with van der Waals surface area (Å²) in [5, 5.41) is 8.24. The minimum atomic E-state index is -0.976. The van der Waals surface area contributed by atoms with Crippen molar-refractivity contribution in [3.63, 3.8) is 0 Å². The van der Waals surface area contributed by atoms with Crippen LogP contribution >= 0.6 is 0 Å². The highest BCUT2D eigenvalue weighted by atomic mass is 16.6. The fraction of sp³-hybridized carbons (Fsp3) is 0.714. The molecule has 0 saturated carbocycles. The lowest BCUT2D eigenvalue weighted by molar-refractivity contribution is -0.163. The highest BCUT2D eigenvalue weighted by Gasteiger charge is 2.20. The Morgan fingerprint density at radius 3 is 2.33 bits per heavy atom. The lowest BCUT2D eigenvalue weighted by Gasteiger charge is -2.12. The van der Waals surface area contributed by atoms with Gasteiger partial charge in [0.15, 0.2) is 0 Å². The minimum Gasteiger partial charge on any atom is -0.390 e. The van der Waals surface area contributed by atoms with Crippen LogP contribution in [0, 0.1) is 5.92 Å². The number of aliphatic hydroxyl groups excluding tert-OH is 1. The van der Waals surface area contributed by atoms with E-state index in [9.17, 15) is 9.59 Å². The van der Waals surface area contributed by atoms with Crippen LogP contribution in [0.25, 0.3) is 0 Å². The van der Waals surface area contributed by atoms with E-state index in [1.165, 1.54) is 0 Å². The second-order valence-corrected chi connectivity index (χ2v) is 2.72. The van der Waals surface area contributed by atoms with Crippen LogP contribution in [0.2, 0.25) is 0 Å². The van der Waals surface area contributed by atoms with Crippen molar-refractivity contribution in [2.24, 2.45) is 11.7 Å². The van der Waals surface area contributed by atoms with Gasteiger partial charge in [-0.1, -0.05) is 13.8 Å². The summed E-state index contributed by atoms with van der Waals surface area (Å²) in [7, 11) is 0. The summed E-state index contributed by atoms with van der Waals surface area (Å²) in [6.45, 7) is 2.65. The average Bonchev–Trinajstić information content (AvgIpc) is 2.02. The SMILES string of the molecule is CC(C)[C@H](N)C(=O)OC(=O)CO. The molecule has 0 amide bonds. The standard InChI is InChI=1S/C7H13NO4/c1-4(2)6(8)7(11)12-5(10)3-9/h4,6,9H,3,8H2,1-2H3/t6-/m0/s1. The number of aliphatic hydroxyl groups is 1. The number of carbonyl (C=O) groups excluding carboxylic acids is 2. The molecule has 0 aromatic rings. The molecule has 70 valence electrons. The van der Waals surface area contributed by atoms with Gasteiger partial charge in [-0.05, 0) is 5.92 Å². The second-order valence-electron chi connectivity index (χ2n) is 2.72. The molecule has 3 N–H and O–H groups in total. The van der Waals surface area contributed by atoms with Crippen LogP contribution in [0.15, 0.2) is 0 Å². The van der Waals surface area contributed by atoms with E-state index in [0.29, 0.717) is 0 Å². The Kier molecular flexibility index (Phi) is 4.46. The van der Waals surface area contributed by atoms with Crippen LogP contribution in [0.5, 0.6) is 0 Å². The third-order valence-corrected chi connectivity index (χ3v) is 1.33. The molecule has 5 heteroatoms. The van der Waals surface area contributed by atoms with Gasteiger partial charge in [0.2, 0.25) is 0 Å². The zero-order chi connectivity index (χ0) is 9.72. The maximum Gasteiger partial charge on any atom is 0.339 e. The predicted octanol–water partition coefficient (Wildman–Crippen LogP) is -0.968. The maximum absolute atomic E-state index is 10.9. The fourth-order valence-electron chi connectivity index (χ4n) is 0.485. The highest BCUT2D eigenvalue weighted by molar-refractivity contribution is 5.88. The molecule has 0 radical (unpaired) electrons. The zero-order valence-electron chi connectivity index (χ0n) is 7.11. The Hall–Kier alpha value is -0.940. The first-order chi connectivity index (χ1) is 5.49. The molecule has 0 heterocycles. The molecule has 0 rings (SSSR count). The van der Waals surface area contributed by atoms with Crippen LogP contribution < -0.4 is 5.73 Å². The van der Waals surface area contributed by atoms with Gasteiger partial charge in [-0.25, -0.2) is 9.59 Å². The van der Waals surface area contributed by atoms with Crippen LogP contribution in [0.4, 0.5) is 0 Å². The summed E-state index contributed by atoms with van der Waals surface area (Å²) < 4.78 is 4.17. The number of rotatable bonds is 3. The molecule has 0 aliphatic rings. The van der Waals surface area contributed by atoms with Crippen molar-refractivity contribution in [3.05, 3.63) is 0 Å². The molecular formula is C7H13NO4. The third-order valence-electron chi connectivity index (χ3n) is 1.33. The fourth-order valence-corrected chi connectivity index (χ4v) is 0.485. The summed E-state index contributed by atoms with van der Waals surface area (Å²) in [4.78, 5) is 21.3.